The molecule has 142 valence electrons. The molecule has 0 bridgehead atoms. The highest BCUT2D eigenvalue weighted by molar-refractivity contribution is 7.15. The molecule has 0 aliphatic carbocycles. The van der Waals surface area contributed by atoms with E-state index in [1.807, 2.05) is 54.6 Å². The number of carbonyl (C=O) groups is 1. The molecule has 8 heteroatoms. The van der Waals surface area contributed by atoms with Crippen molar-refractivity contribution in [1.29, 1.82) is 0 Å². The molecule has 0 N–H and O–H groups in total. The average molecular weight is 402 g/mol. The summed E-state index contributed by atoms with van der Waals surface area (Å²) in [4.78, 5) is 43.9. The topological polar surface area (TPSA) is 84.6 Å². The molecule has 1 aliphatic heterocycles. The minimum absolute atomic E-state index is 0.137. The van der Waals surface area contributed by atoms with E-state index in [1.54, 1.807) is 4.90 Å². The third-order valence-corrected chi connectivity index (χ3v) is 5.88. The molecule has 2 aromatic carbocycles. The zero-order valence-electron chi connectivity index (χ0n) is 15.3. The number of carbonyl (C=O) groups excluding carboxylic acids is 1. The lowest BCUT2D eigenvalue weighted by molar-refractivity contribution is -0.113. The summed E-state index contributed by atoms with van der Waals surface area (Å²) in [7, 11) is 0. The number of nitrogens with zero attached hydrogens (tertiary/aromatic N) is 4. The van der Waals surface area contributed by atoms with Gasteiger partial charge in [0.05, 0.1) is 17.8 Å². The van der Waals surface area contributed by atoms with Crippen LogP contribution in [0, 0.1) is 6.92 Å². The summed E-state index contributed by atoms with van der Waals surface area (Å²) in [6, 6.07) is 17.1. The first-order valence-electron chi connectivity index (χ1n) is 8.94. The molecule has 0 saturated carbocycles. The minimum atomic E-state index is -0.480. The average Bonchev–Trinajstić information content (AvgIpc) is 3.17. The zero-order chi connectivity index (χ0) is 20.1. The predicted octanol–water partition coefficient (Wildman–Crippen LogP) is 1.28. The maximum absolute atomic E-state index is 13.4. The molecular weight excluding hydrogens is 388 g/mol. The van der Waals surface area contributed by atoms with Crippen LogP contribution < -0.4 is 20.6 Å². The molecule has 4 aromatic rings. The second kappa shape index (κ2) is 6.46. The van der Waals surface area contributed by atoms with Gasteiger partial charge in [0, 0.05) is 5.56 Å². The van der Waals surface area contributed by atoms with Gasteiger partial charge in [-0.1, -0.05) is 59.9 Å². The Balaban J connectivity index is 1.77. The van der Waals surface area contributed by atoms with Crippen LogP contribution in [-0.2, 0) is 11.3 Å². The van der Waals surface area contributed by atoms with Gasteiger partial charge < -0.3 is 4.90 Å². The maximum Gasteiger partial charge on any atom is 0.295 e. The number of para-hydroxylation sites is 1. The number of benzene rings is 2. The van der Waals surface area contributed by atoms with E-state index in [0.717, 1.165) is 27.1 Å². The Kier molecular flexibility index (Phi) is 3.88. The van der Waals surface area contributed by atoms with Gasteiger partial charge in [0.1, 0.15) is 10.2 Å². The molecule has 0 unspecified atom stereocenters. The summed E-state index contributed by atoms with van der Waals surface area (Å²) in [5.41, 5.74) is 1.96. The molecular formula is C21H14N4O3S. The third kappa shape index (κ3) is 2.68. The van der Waals surface area contributed by atoms with Gasteiger partial charge in [-0.2, -0.15) is 14.6 Å². The van der Waals surface area contributed by atoms with Crippen molar-refractivity contribution in [2.75, 3.05) is 4.90 Å². The van der Waals surface area contributed by atoms with Crippen molar-refractivity contribution >= 4 is 33.5 Å². The van der Waals surface area contributed by atoms with Crippen molar-refractivity contribution in [1.82, 2.24) is 14.6 Å². The molecule has 29 heavy (non-hydrogen) atoms. The predicted molar refractivity (Wildman–Crippen MR) is 110 cm³/mol. The smallest absolute Gasteiger partial charge is 0.295 e. The van der Waals surface area contributed by atoms with E-state index in [4.69, 9.17) is 0 Å². The molecule has 1 amide bonds. The molecule has 0 radical (unpaired) electrons. The van der Waals surface area contributed by atoms with Crippen molar-refractivity contribution in [2.24, 2.45) is 0 Å². The lowest BCUT2D eigenvalue weighted by Crippen LogP contribution is -2.33. The number of thiazole rings is 1. The molecule has 7 nitrogen and oxygen atoms in total. The van der Waals surface area contributed by atoms with Crippen LogP contribution in [0.15, 0.2) is 64.2 Å². The van der Waals surface area contributed by atoms with Crippen LogP contribution in [0.3, 0.4) is 0 Å². The van der Waals surface area contributed by atoms with Gasteiger partial charge >= 0.3 is 0 Å². The third-order valence-electron chi connectivity index (χ3n) is 4.85. The van der Waals surface area contributed by atoms with E-state index < -0.39 is 11.1 Å². The lowest BCUT2D eigenvalue weighted by atomic mass is 10.1. The molecule has 0 spiro atoms. The first kappa shape index (κ1) is 17.4. The van der Waals surface area contributed by atoms with Gasteiger partial charge in [-0.15, -0.1) is 0 Å². The second-order valence-electron chi connectivity index (χ2n) is 6.70. The highest BCUT2D eigenvalue weighted by Crippen LogP contribution is 2.36. The summed E-state index contributed by atoms with van der Waals surface area (Å²) in [5.74, 6) is -0.252. The minimum Gasteiger partial charge on any atom is -0.303 e. The number of amides is 1. The van der Waals surface area contributed by atoms with Crippen LogP contribution in [-0.4, -0.2) is 20.5 Å². The maximum atomic E-state index is 13.4. The Morgan fingerprint density at radius 2 is 1.69 bits per heavy atom. The summed E-state index contributed by atoms with van der Waals surface area (Å²) in [6.45, 7) is 1.90. The van der Waals surface area contributed by atoms with Crippen LogP contribution in [0.4, 0.5) is 5.69 Å². The normalized spacial score (nSPS) is 15.2. The Bertz CT molecular complexity index is 1460. The van der Waals surface area contributed by atoms with Crippen molar-refractivity contribution < 1.29 is 4.79 Å². The van der Waals surface area contributed by atoms with Crippen LogP contribution in [0.2, 0.25) is 0 Å². The van der Waals surface area contributed by atoms with Crippen molar-refractivity contribution in [3.05, 3.63) is 96.7 Å². The fourth-order valence-corrected chi connectivity index (χ4v) is 4.45. The van der Waals surface area contributed by atoms with Gasteiger partial charge in [0.2, 0.25) is 4.96 Å². The number of fused-ring (bicyclic) bond motifs is 2. The SMILES string of the molecule is Cc1nn2c(=O)/c(=C3/C(=O)N(Cc4ccccc4)c4ccccc43)sc2nc1=O. The molecule has 5 rings (SSSR count). The second-order valence-corrected chi connectivity index (χ2v) is 7.68. The Morgan fingerprint density at radius 3 is 2.48 bits per heavy atom. The number of hydrogen-bond acceptors (Lipinski definition) is 6. The Labute approximate surface area is 168 Å². The van der Waals surface area contributed by atoms with E-state index in [9.17, 15) is 14.4 Å². The number of anilines is 1. The highest BCUT2D eigenvalue weighted by Gasteiger charge is 2.34. The van der Waals surface area contributed by atoms with Crippen LogP contribution in [0.5, 0.6) is 0 Å². The fraction of sp³-hybridized carbons (Fsp3) is 0.0952. The van der Waals surface area contributed by atoms with Crippen LogP contribution in [0.25, 0.3) is 10.5 Å². The summed E-state index contributed by atoms with van der Waals surface area (Å²) < 4.78 is 1.34. The first-order chi connectivity index (χ1) is 14.0. The fourth-order valence-electron chi connectivity index (χ4n) is 3.46. The van der Waals surface area contributed by atoms with Crippen molar-refractivity contribution in [2.45, 2.75) is 13.5 Å². The molecule has 3 heterocycles. The summed E-state index contributed by atoms with van der Waals surface area (Å²) in [5, 5.41) is 4.04. The summed E-state index contributed by atoms with van der Waals surface area (Å²) >= 11 is 1.01. The quantitative estimate of drug-likeness (QED) is 0.504. The first-order valence-corrected chi connectivity index (χ1v) is 9.76. The van der Waals surface area contributed by atoms with Crippen molar-refractivity contribution in [3.8, 4) is 0 Å². The van der Waals surface area contributed by atoms with Crippen molar-refractivity contribution in [3.63, 3.8) is 0 Å². The van der Waals surface area contributed by atoms with Crippen LogP contribution >= 0.6 is 11.3 Å². The number of aromatic nitrogens is 3. The number of hydrogen-bond donors (Lipinski definition) is 0. The molecule has 0 atom stereocenters. The number of aryl methyl sites for hydroxylation is 1. The molecule has 0 fully saturated rings. The zero-order valence-corrected chi connectivity index (χ0v) is 16.1. The number of rotatable bonds is 2. The van der Waals surface area contributed by atoms with E-state index in [-0.39, 0.29) is 21.1 Å². The lowest BCUT2D eigenvalue weighted by Gasteiger charge is -2.17. The van der Waals surface area contributed by atoms with Gasteiger partial charge in [-0.3, -0.25) is 14.4 Å². The van der Waals surface area contributed by atoms with Gasteiger partial charge in [-0.05, 0) is 18.6 Å². The van der Waals surface area contributed by atoms with Gasteiger partial charge in [0.15, 0.2) is 0 Å². The van der Waals surface area contributed by atoms with E-state index in [0.29, 0.717) is 17.7 Å². The van der Waals surface area contributed by atoms with Crippen LogP contribution in [0.1, 0.15) is 16.8 Å². The molecule has 2 aromatic heterocycles. The largest absolute Gasteiger partial charge is 0.303 e. The van der Waals surface area contributed by atoms with E-state index in [2.05, 4.69) is 10.1 Å². The van der Waals surface area contributed by atoms with E-state index >= 15 is 0 Å². The molecule has 0 saturated heterocycles. The molecule has 1 aliphatic rings. The monoisotopic (exact) mass is 402 g/mol. The Morgan fingerprint density at radius 1 is 0.966 bits per heavy atom. The summed E-state index contributed by atoms with van der Waals surface area (Å²) in [6.07, 6.45) is 0. The van der Waals surface area contributed by atoms with Gasteiger partial charge in [-0.25, -0.2) is 0 Å². The standard InChI is InChI=1S/C21H14N4O3S/c1-12-18(26)22-21-25(23-12)20(28)17(29-21)16-14-9-5-6-10-15(14)24(19(16)27)11-13-7-3-2-4-8-13/h2-10H,11H2,1H3/b17-16-. The van der Waals surface area contributed by atoms with E-state index in [1.165, 1.54) is 6.92 Å². The van der Waals surface area contributed by atoms with Gasteiger partial charge in [0.25, 0.3) is 17.0 Å². The Hall–Kier alpha value is -3.65. The highest BCUT2D eigenvalue weighted by atomic mass is 32.1.